The minimum absolute atomic E-state index is 0.237. The van der Waals surface area contributed by atoms with Crippen molar-refractivity contribution in [3.8, 4) is 0 Å². The van der Waals surface area contributed by atoms with Crippen LogP contribution in [0, 0.1) is 5.92 Å². The van der Waals surface area contributed by atoms with Gasteiger partial charge in [0.15, 0.2) is 0 Å². The van der Waals surface area contributed by atoms with E-state index in [1.165, 1.54) is 11.8 Å². The molecule has 0 aromatic carbocycles. The van der Waals surface area contributed by atoms with Crippen molar-refractivity contribution >= 4 is 18.0 Å². The van der Waals surface area contributed by atoms with Crippen molar-refractivity contribution in [2.45, 2.75) is 104 Å². The molecular formula is C25H42N2O6. The van der Waals surface area contributed by atoms with E-state index in [0.29, 0.717) is 12.8 Å². The molecule has 8 heteroatoms. The van der Waals surface area contributed by atoms with Crippen LogP contribution in [-0.4, -0.2) is 65.4 Å². The number of hydrogen-bond acceptors (Lipinski definition) is 6. The van der Waals surface area contributed by atoms with Crippen LogP contribution in [0.3, 0.4) is 0 Å². The van der Waals surface area contributed by atoms with Crippen LogP contribution in [0.25, 0.3) is 0 Å². The smallest absolute Gasteiger partial charge is 0.411 e. The highest BCUT2D eigenvalue weighted by Crippen LogP contribution is 2.37. The van der Waals surface area contributed by atoms with Gasteiger partial charge in [-0.1, -0.05) is 18.2 Å². The lowest BCUT2D eigenvalue weighted by atomic mass is 9.88. The van der Waals surface area contributed by atoms with E-state index in [4.69, 9.17) is 14.2 Å². The van der Waals surface area contributed by atoms with E-state index in [0.717, 1.165) is 0 Å². The summed E-state index contributed by atoms with van der Waals surface area (Å²) in [6.45, 7) is 17.7. The molecule has 0 aromatic heterocycles. The Labute approximate surface area is 198 Å². The number of rotatable bonds is 8. The predicted octanol–water partition coefficient (Wildman–Crippen LogP) is 3.99. The van der Waals surface area contributed by atoms with E-state index in [9.17, 15) is 14.4 Å². The topological polar surface area (TPSA) is 94.2 Å². The maximum atomic E-state index is 13.5. The van der Waals surface area contributed by atoms with Crippen molar-refractivity contribution < 1.29 is 28.6 Å². The first-order valence-corrected chi connectivity index (χ1v) is 11.4. The van der Waals surface area contributed by atoms with Crippen molar-refractivity contribution in [3.63, 3.8) is 0 Å². The van der Waals surface area contributed by atoms with Gasteiger partial charge < -0.3 is 19.5 Å². The van der Waals surface area contributed by atoms with Gasteiger partial charge in [-0.15, -0.1) is 6.58 Å². The third-order valence-corrected chi connectivity index (χ3v) is 5.15. The van der Waals surface area contributed by atoms with Gasteiger partial charge in [-0.3, -0.25) is 9.69 Å². The van der Waals surface area contributed by atoms with Crippen molar-refractivity contribution in [1.82, 2.24) is 10.2 Å². The third kappa shape index (κ3) is 8.50. The molecule has 0 saturated carbocycles. The number of carbonyl (C=O) groups excluding carboxylic acids is 3. The summed E-state index contributed by atoms with van der Waals surface area (Å²) in [7, 11) is 1.55. The minimum atomic E-state index is -0.872. The molecule has 1 rings (SSSR count). The van der Waals surface area contributed by atoms with E-state index >= 15 is 0 Å². The summed E-state index contributed by atoms with van der Waals surface area (Å²) in [5.74, 6) is -1.01. The molecule has 0 unspecified atom stereocenters. The number of esters is 1. The van der Waals surface area contributed by atoms with Crippen LogP contribution in [-0.2, 0) is 23.8 Å². The third-order valence-electron chi connectivity index (χ3n) is 5.15. The highest BCUT2D eigenvalue weighted by Gasteiger charge is 2.53. The summed E-state index contributed by atoms with van der Waals surface area (Å²) >= 11 is 0. The van der Waals surface area contributed by atoms with Gasteiger partial charge in [-0.2, -0.15) is 0 Å². The predicted molar refractivity (Wildman–Crippen MR) is 128 cm³/mol. The van der Waals surface area contributed by atoms with Crippen LogP contribution < -0.4 is 5.32 Å². The van der Waals surface area contributed by atoms with Gasteiger partial charge >= 0.3 is 12.1 Å². The Bertz CT molecular complexity index is 734. The van der Waals surface area contributed by atoms with Crippen LogP contribution in [0.5, 0.6) is 0 Å². The molecule has 1 aliphatic heterocycles. The number of carbonyl (C=O) groups is 3. The van der Waals surface area contributed by atoms with Crippen LogP contribution in [0.2, 0.25) is 0 Å². The first-order valence-electron chi connectivity index (χ1n) is 11.4. The molecule has 188 valence electrons. The summed E-state index contributed by atoms with van der Waals surface area (Å²) in [6, 6.07) is -2.07. The second-order valence-electron chi connectivity index (χ2n) is 10.4. The normalized spacial score (nSPS) is 23.2. The molecule has 5 atom stereocenters. The van der Waals surface area contributed by atoms with Gasteiger partial charge in [0, 0.05) is 20.0 Å². The number of nitrogens with one attached hydrogen (secondary N) is 1. The maximum Gasteiger partial charge on any atom is 0.411 e. The Morgan fingerprint density at radius 3 is 2.12 bits per heavy atom. The molecule has 1 N–H and O–H groups in total. The van der Waals surface area contributed by atoms with E-state index in [-0.39, 0.29) is 11.8 Å². The number of nitrogens with zero attached hydrogens (tertiary/aromatic N) is 1. The Balaban J connectivity index is 3.63. The van der Waals surface area contributed by atoms with Crippen molar-refractivity contribution in [3.05, 3.63) is 24.8 Å². The van der Waals surface area contributed by atoms with E-state index < -0.39 is 47.5 Å². The average Bonchev–Trinajstić information content (AvgIpc) is 3.01. The monoisotopic (exact) mass is 466 g/mol. The highest BCUT2D eigenvalue weighted by atomic mass is 16.6. The lowest BCUT2D eigenvalue weighted by Gasteiger charge is -2.39. The van der Waals surface area contributed by atoms with Crippen LogP contribution in [0.4, 0.5) is 4.79 Å². The van der Waals surface area contributed by atoms with Gasteiger partial charge in [-0.25, -0.2) is 9.59 Å². The van der Waals surface area contributed by atoms with Gasteiger partial charge in [0.1, 0.15) is 17.2 Å². The highest BCUT2D eigenvalue weighted by molar-refractivity contribution is 5.83. The van der Waals surface area contributed by atoms with Gasteiger partial charge in [0.2, 0.25) is 5.91 Å². The Kier molecular flexibility index (Phi) is 10.2. The Morgan fingerprint density at radius 1 is 1.12 bits per heavy atom. The fraction of sp³-hybridized carbons (Fsp3) is 0.720. The standard InChI is InChI=1S/C25H42N2O6/c1-11-13-17-15-18(22(29)32-24(4,5)6)27(23(30)33-25(7,8)9)21(17)20(26-16(3)28)19(31-10)14-12-2/h11-13,17-21H,2,14-15H2,1,3-10H3,(H,26,28)/b13-11-/t17-,18-,19+,20+,21-/m1/s1. The SMILES string of the molecule is C=CC[C@H](OC)[C@H](NC(C)=O)[C@H]1[C@H](/C=C\C)C[C@H](C(=O)OC(C)(C)C)N1C(=O)OC(C)(C)C. The number of methoxy groups -OCH3 is 1. The van der Waals surface area contributed by atoms with Gasteiger partial charge in [0.25, 0.3) is 0 Å². The summed E-state index contributed by atoms with van der Waals surface area (Å²) < 4.78 is 17.0. The molecule has 1 heterocycles. The lowest BCUT2D eigenvalue weighted by Crippen LogP contribution is -2.60. The van der Waals surface area contributed by atoms with Crippen molar-refractivity contribution in [2.24, 2.45) is 5.92 Å². The summed E-state index contributed by atoms with van der Waals surface area (Å²) in [5.41, 5.74) is -1.50. The van der Waals surface area contributed by atoms with E-state index in [1.54, 1.807) is 54.7 Å². The number of ether oxygens (including phenoxy) is 3. The van der Waals surface area contributed by atoms with Crippen LogP contribution in [0.15, 0.2) is 24.8 Å². The zero-order valence-electron chi connectivity index (χ0n) is 21.6. The zero-order chi connectivity index (χ0) is 25.6. The molecule has 0 bridgehead atoms. The molecule has 2 amide bonds. The fourth-order valence-corrected chi connectivity index (χ4v) is 4.13. The molecule has 33 heavy (non-hydrogen) atoms. The number of allylic oxidation sites excluding steroid dienone is 1. The number of hydrogen-bond donors (Lipinski definition) is 1. The first kappa shape index (κ1) is 28.7. The van der Waals surface area contributed by atoms with Crippen LogP contribution >= 0.6 is 0 Å². The molecule has 0 spiro atoms. The summed E-state index contributed by atoms with van der Waals surface area (Å²) in [4.78, 5) is 40.3. The second-order valence-corrected chi connectivity index (χ2v) is 10.4. The Morgan fingerprint density at radius 2 is 1.70 bits per heavy atom. The molecule has 1 saturated heterocycles. The summed E-state index contributed by atoms with van der Waals surface area (Å²) in [6.07, 6.45) is 5.20. The quantitative estimate of drug-likeness (QED) is 0.429. The number of likely N-dealkylation sites (tertiary alicyclic amines) is 1. The molecule has 8 nitrogen and oxygen atoms in total. The fourth-order valence-electron chi connectivity index (χ4n) is 4.13. The first-order chi connectivity index (χ1) is 15.1. The molecule has 0 radical (unpaired) electrons. The summed E-state index contributed by atoms with van der Waals surface area (Å²) in [5, 5.41) is 2.95. The zero-order valence-corrected chi connectivity index (χ0v) is 21.6. The van der Waals surface area contributed by atoms with Crippen molar-refractivity contribution in [1.29, 1.82) is 0 Å². The molecule has 1 aliphatic rings. The Hall–Kier alpha value is -2.35. The largest absolute Gasteiger partial charge is 0.458 e. The van der Waals surface area contributed by atoms with Gasteiger partial charge in [-0.05, 0) is 61.3 Å². The minimum Gasteiger partial charge on any atom is -0.458 e. The van der Waals surface area contributed by atoms with Crippen LogP contribution in [0.1, 0.15) is 68.2 Å². The lowest BCUT2D eigenvalue weighted by molar-refractivity contribution is -0.160. The molecule has 0 aromatic rings. The molecular weight excluding hydrogens is 424 g/mol. The maximum absolute atomic E-state index is 13.5. The van der Waals surface area contributed by atoms with E-state index in [1.807, 2.05) is 19.1 Å². The van der Waals surface area contributed by atoms with Crippen molar-refractivity contribution in [2.75, 3.05) is 7.11 Å². The van der Waals surface area contributed by atoms with E-state index in [2.05, 4.69) is 11.9 Å². The van der Waals surface area contributed by atoms with Gasteiger partial charge in [0.05, 0.1) is 18.2 Å². The second kappa shape index (κ2) is 11.7. The number of amides is 2. The average molecular weight is 467 g/mol. The molecule has 1 fully saturated rings. The molecule has 0 aliphatic carbocycles.